The number of nitrogens with one attached hydrogen (secondary N) is 1. The van der Waals surface area contributed by atoms with Gasteiger partial charge in [-0.3, -0.25) is 4.68 Å². The van der Waals surface area contributed by atoms with Crippen LogP contribution < -0.4 is 5.32 Å². The molecule has 0 spiro atoms. The average Bonchev–Trinajstić information content (AvgIpc) is 2.66. The molecule has 5 nitrogen and oxygen atoms in total. The lowest BCUT2D eigenvalue weighted by Gasteiger charge is -2.31. The lowest BCUT2D eigenvalue weighted by molar-refractivity contribution is 0.00540. The molecule has 0 radical (unpaired) electrons. The van der Waals surface area contributed by atoms with Gasteiger partial charge in [-0.1, -0.05) is 11.6 Å². The summed E-state index contributed by atoms with van der Waals surface area (Å²) in [4.78, 5) is 0. The number of hydrogen-bond acceptors (Lipinski definition) is 4. The molecule has 0 amide bonds. The van der Waals surface area contributed by atoms with Gasteiger partial charge >= 0.3 is 0 Å². The van der Waals surface area contributed by atoms with Crippen molar-refractivity contribution in [1.82, 2.24) is 15.1 Å². The summed E-state index contributed by atoms with van der Waals surface area (Å²) < 4.78 is 7.31. The minimum atomic E-state index is -0.832. The Morgan fingerprint density at radius 1 is 1.60 bits per heavy atom. The van der Waals surface area contributed by atoms with E-state index in [0.717, 1.165) is 31.1 Å². The molecular weight excluding hydrogens is 278 g/mol. The number of nitrogens with zero attached hydrogens (tertiary/aromatic N) is 2. The van der Waals surface area contributed by atoms with Crippen LogP contribution in [0.15, 0.2) is 0 Å². The fraction of sp³-hybridized carbons (Fsp3) is 0.786. The van der Waals surface area contributed by atoms with E-state index in [4.69, 9.17) is 16.3 Å². The average molecular weight is 302 g/mol. The Morgan fingerprint density at radius 2 is 2.35 bits per heavy atom. The van der Waals surface area contributed by atoms with E-state index in [1.54, 1.807) is 0 Å². The highest BCUT2D eigenvalue weighted by atomic mass is 35.5. The van der Waals surface area contributed by atoms with Crippen molar-refractivity contribution in [1.29, 1.82) is 0 Å². The van der Waals surface area contributed by atoms with Gasteiger partial charge < -0.3 is 15.2 Å². The molecule has 6 heteroatoms. The first-order chi connectivity index (χ1) is 9.43. The van der Waals surface area contributed by atoms with Crippen molar-refractivity contribution >= 4 is 11.6 Å². The zero-order valence-corrected chi connectivity index (χ0v) is 13.2. The number of rotatable bonds is 5. The normalized spacial score (nSPS) is 22.8. The Morgan fingerprint density at radius 3 is 2.95 bits per heavy atom. The van der Waals surface area contributed by atoms with Crippen LogP contribution in [0.1, 0.15) is 31.7 Å². The highest BCUT2D eigenvalue weighted by Gasteiger charge is 2.29. The van der Waals surface area contributed by atoms with Crippen LogP contribution in [0.2, 0.25) is 5.02 Å². The van der Waals surface area contributed by atoms with E-state index in [-0.39, 0.29) is 6.04 Å². The molecule has 2 N–H and O–H groups in total. The second kappa shape index (κ2) is 6.43. The van der Waals surface area contributed by atoms with Crippen LogP contribution in [0.5, 0.6) is 0 Å². The van der Waals surface area contributed by atoms with Gasteiger partial charge in [0.05, 0.1) is 35.2 Å². The lowest BCUT2D eigenvalue weighted by Crippen LogP contribution is -2.46. The van der Waals surface area contributed by atoms with Gasteiger partial charge in [0, 0.05) is 25.6 Å². The first kappa shape index (κ1) is 15.8. The van der Waals surface area contributed by atoms with Crippen molar-refractivity contribution in [2.75, 3.05) is 19.8 Å². The van der Waals surface area contributed by atoms with Crippen LogP contribution in [0.4, 0.5) is 0 Å². The van der Waals surface area contributed by atoms with Crippen molar-refractivity contribution in [3.05, 3.63) is 16.4 Å². The Hall–Kier alpha value is -0.620. The quantitative estimate of drug-likeness (QED) is 0.866. The van der Waals surface area contributed by atoms with Crippen LogP contribution in [-0.2, 0) is 17.7 Å². The first-order valence-electron chi connectivity index (χ1n) is 7.18. The molecule has 1 aliphatic heterocycles. The third kappa shape index (κ3) is 3.73. The van der Waals surface area contributed by atoms with E-state index in [0.29, 0.717) is 24.5 Å². The molecule has 2 heterocycles. The number of hydrogen-bond donors (Lipinski definition) is 2. The molecule has 1 aromatic rings. The minimum Gasteiger partial charge on any atom is -0.390 e. The van der Waals surface area contributed by atoms with Crippen LogP contribution in [0.25, 0.3) is 0 Å². The van der Waals surface area contributed by atoms with Crippen LogP contribution in [0, 0.1) is 6.92 Å². The van der Waals surface area contributed by atoms with Gasteiger partial charge in [0.15, 0.2) is 0 Å². The molecule has 0 saturated carbocycles. The number of halogens is 1. The zero-order valence-electron chi connectivity index (χ0n) is 12.4. The summed E-state index contributed by atoms with van der Waals surface area (Å²) in [6.07, 6.45) is 1.13. The Labute approximate surface area is 125 Å². The maximum Gasteiger partial charge on any atom is 0.0848 e. The number of morpholine rings is 1. The van der Waals surface area contributed by atoms with Crippen molar-refractivity contribution in [2.24, 2.45) is 0 Å². The summed E-state index contributed by atoms with van der Waals surface area (Å²) in [5.41, 5.74) is 0.897. The largest absolute Gasteiger partial charge is 0.390 e. The van der Waals surface area contributed by atoms with E-state index >= 15 is 0 Å². The molecule has 1 saturated heterocycles. The van der Waals surface area contributed by atoms with Crippen molar-refractivity contribution in [3.8, 4) is 0 Å². The fourth-order valence-electron chi connectivity index (χ4n) is 2.75. The number of ether oxygens (including phenoxy) is 1. The van der Waals surface area contributed by atoms with Gasteiger partial charge in [-0.05, 0) is 27.2 Å². The van der Waals surface area contributed by atoms with E-state index in [1.807, 2.05) is 25.5 Å². The molecule has 0 aliphatic carbocycles. The summed E-state index contributed by atoms with van der Waals surface area (Å²) in [6, 6.07) is 0.191. The second-order valence-corrected chi connectivity index (χ2v) is 6.14. The van der Waals surface area contributed by atoms with Crippen molar-refractivity contribution in [2.45, 2.75) is 51.8 Å². The SMILES string of the molecule is CCn1nc(C)c(Cl)c1CC(C)(O)CC1COCCN1. The Balaban J connectivity index is 2.07. The lowest BCUT2D eigenvalue weighted by atomic mass is 9.91. The molecule has 114 valence electrons. The van der Waals surface area contributed by atoms with Crippen LogP contribution in [-0.4, -0.2) is 46.3 Å². The summed E-state index contributed by atoms with van der Waals surface area (Å²) in [5.74, 6) is 0. The molecule has 0 bridgehead atoms. The third-order valence-electron chi connectivity index (χ3n) is 3.69. The molecular formula is C14H24ClN3O2. The van der Waals surface area contributed by atoms with Crippen LogP contribution >= 0.6 is 11.6 Å². The van der Waals surface area contributed by atoms with Gasteiger partial charge in [0.25, 0.3) is 0 Å². The van der Waals surface area contributed by atoms with Gasteiger partial charge in [0.2, 0.25) is 0 Å². The molecule has 20 heavy (non-hydrogen) atoms. The van der Waals surface area contributed by atoms with Gasteiger partial charge in [-0.15, -0.1) is 0 Å². The minimum absolute atomic E-state index is 0.191. The predicted molar refractivity (Wildman–Crippen MR) is 79.2 cm³/mol. The van der Waals surface area contributed by atoms with E-state index in [9.17, 15) is 5.11 Å². The number of aromatic nitrogens is 2. The van der Waals surface area contributed by atoms with Crippen LogP contribution in [0.3, 0.4) is 0 Å². The second-order valence-electron chi connectivity index (χ2n) is 5.77. The molecule has 2 unspecified atom stereocenters. The van der Waals surface area contributed by atoms with E-state index < -0.39 is 5.60 Å². The fourth-order valence-corrected chi connectivity index (χ4v) is 2.95. The summed E-state index contributed by atoms with van der Waals surface area (Å²) in [6.45, 7) is 8.75. The third-order valence-corrected chi connectivity index (χ3v) is 4.18. The summed E-state index contributed by atoms with van der Waals surface area (Å²) >= 11 is 6.31. The molecule has 1 aromatic heterocycles. The Kier molecular flexibility index (Phi) is 5.07. The maximum absolute atomic E-state index is 10.7. The van der Waals surface area contributed by atoms with Gasteiger partial charge in [0.1, 0.15) is 0 Å². The molecule has 2 rings (SSSR count). The van der Waals surface area contributed by atoms with Crippen molar-refractivity contribution < 1.29 is 9.84 Å². The summed E-state index contributed by atoms with van der Waals surface area (Å²) in [7, 11) is 0. The number of aryl methyl sites for hydroxylation is 2. The highest BCUT2D eigenvalue weighted by Crippen LogP contribution is 2.27. The molecule has 1 aliphatic rings. The summed E-state index contributed by atoms with van der Waals surface area (Å²) in [5, 5.41) is 19.1. The molecule has 1 fully saturated rings. The standard InChI is InChI=1S/C14H24ClN3O2/c1-4-18-12(13(15)10(2)17-18)8-14(3,19)7-11-9-20-6-5-16-11/h11,16,19H,4-9H2,1-3H3. The Bertz CT molecular complexity index is 454. The number of aliphatic hydroxyl groups is 1. The topological polar surface area (TPSA) is 59.3 Å². The highest BCUT2D eigenvalue weighted by molar-refractivity contribution is 6.31. The van der Waals surface area contributed by atoms with E-state index in [2.05, 4.69) is 10.4 Å². The van der Waals surface area contributed by atoms with Gasteiger partial charge in [-0.25, -0.2) is 0 Å². The smallest absolute Gasteiger partial charge is 0.0848 e. The maximum atomic E-state index is 10.7. The predicted octanol–water partition coefficient (Wildman–Crippen LogP) is 1.54. The van der Waals surface area contributed by atoms with Gasteiger partial charge in [-0.2, -0.15) is 5.10 Å². The van der Waals surface area contributed by atoms with Crippen molar-refractivity contribution in [3.63, 3.8) is 0 Å². The van der Waals surface area contributed by atoms with E-state index in [1.165, 1.54) is 0 Å². The molecule has 2 atom stereocenters. The zero-order chi connectivity index (χ0) is 14.8. The first-order valence-corrected chi connectivity index (χ1v) is 7.56. The monoisotopic (exact) mass is 301 g/mol. The molecule has 0 aromatic carbocycles.